The number of pyridine rings is 1. The highest BCUT2D eigenvalue weighted by atomic mass is 32.2. The van der Waals surface area contributed by atoms with Crippen molar-refractivity contribution in [2.75, 3.05) is 11.6 Å². The number of hydrogen-bond donors (Lipinski definition) is 3. The van der Waals surface area contributed by atoms with E-state index in [0.29, 0.717) is 6.54 Å². The fraction of sp³-hybridized carbons (Fsp3) is 0.182. The van der Waals surface area contributed by atoms with Crippen LogP contribution in [0.4, 0.5) is 5.82 Å². The van der Waals surface area contributed by atoms with Gasteiger partial charge in [0.25, 0.3) is 0 Å². The maximum Gasteiger partial charge on any atom is 0.322 e. The first-order valence-electron chi connectivity index (χ1n) is 9.33. The highest BCUT2D eigenvalue weighted by Gasteiger charge is 2.21. The fourth-order valence-electron chi connectivity index (χ4n) is 3.03. The average molecular weight is 426 g/mol. The number of benzene rings is 2. The van der Waals surface area contributed by atoms with Gasteiger partial charge in [-0.05, 0) is 46.9 Å². The lowest BCUT2D eigenvalue weighted by Gasteiger charge is -2.13. The maximum atomic E-state index is 11.4. The normalized spacial score (nSPS) is 12.3. The third-order valence-corrected chi connectivity index (χ3v) is 5.16. The summed E-state index contributed by atoms with van der Waals surface area (Å²) in [7, 11) is -3.61. The second kappa shape index (κ2) is 9.51. The van der Waals surface area contributed by atoms with Gasteiger partial charge in [0.2, 0.25) is 10.0 Å². The molecule has 0 aliphatic carbocycles. The zero-order valence-electron chi connectivity index (χ0n) is 16.4. The van der Waals surface area contributed by atoms with Crippen molar-refractivity contribution in [1.82, 2.24) is 9.71 Å². The molecule has 0 aliphatic rings. The Bertz CT molecular complexity index is 1100. The zero-order chi connectivity index (χ0) is 21.6. The van der Waals surface area contributed by atoms with Crippen LogP contribution in [0.1, 0.15) is 11.1 Å². The van der Waals surface area contributed by atoms with Gasteiger partial charge >= 0.3 is 5.97 Å². The minimum atomic E-state index is -3.61. The monoisotopic (exact) mass is 425 g/mol. The van der Waals surface area contributed by atoms with Gasteiger partial charge < -0.3 is 10.4 Å². The van der Waals surface area contributed by atoms with Crippen molar-refractivity contribution in [2.24, 2.45) is 0 Å². The van der Waals surface area contributed by atoms with Gasteiger partial charge in [-0.2, -0.15) is 0 Å². The van der Waals surface area contributed by atoms with E-state index >= 15 is 0 Å². The molecule has 0 saturated heterocycles. The summed E-state index contributed by atoms with van der Waals surface area (Å²) in [4.78, 5) is 15.6. The van der Waals surface area contributed by atoms with E-state index in [-0.39, 0.29) is 6.42 Å². The molecule has 0 bridgehead atoms. The number of sulfonamides is 1. The molecule has 8 heteroatoms. The number of nitrogens with one attached hydrogen (secondary N) is 2. The number of carboxylic acid groups (broad SMARTS) is 1. The number of rotatable bonds is 9. The lowest BCUT2D eigenvalue weighted by atomic mass is 9.99. The molecule has 0 fully saturated rings. The zero-order valence-corrected chi connectivity index (χ0v) is 17.3. The van der Waals surface area contributed by atoms with E-state index in [1.54, 1.807) is 6.20 Å². The van der Waals surface area contributed by atoms with Gasteiger partial charge in [0.15, 0.2) is 0 Å². The summed E-state index contributed by atoms with van der Waals surface area (Å²) in [5, 5.41) is 12.5. The molecule has 1 atom stereocenters. The first-order chi connectivity index (χ1) is 14.3. The second-order valence-corrected chi connectivity index (χ2v) is 8.73. The summed E-state index contributed by atoms with van der Waals surface area (Å²) in [5.41, 5.74) is 3.85. The molecule has 1 heterocycles. The van der Waals surface area contributed by atoms with Crippen molar-refractivity contribution in [1.29, 1.82) is 0 Å². The van der Waals surface area contributed by atoms with E-state index in [1.807, 2.05) is 60.7 Å². The third-order valence-electron chi connectivity index (χ3n) is 4.45. The Hall–Kier alpha value is -3.23. The predicted molar refractivity (Wildman–Crippen MR) is 117 cm³/mol. The number of aromatic nitrogens is 1. The quantitative estimate of drug-likeness (QED) is 0.486. The summed E-state index contributed by atoms with van der Waals surface area (Å²) in [5.74, 6) is -0.402. The minimum Gasteiger partial charge on any atom is -0.480 e. The largest absolute Gasteiger partial charge is 0.480 e. The van der Waals surface area contributed by atoms with Gasteiger partial charge in [-0.25, -0.2) is 18.1 Å². The van der Waals surface area contributed by atoms with Gasteiger partial charge in [-0.1, -0.05) is 48.5 Å². The molecule has 0 amide bonds. The molecule has 3 rings (SSSR count). The van der Waals surface area contributed by atoms with Gasteiger partial charge in [0.1, 0.15) is 11.9 Å². The van der Waals surface area contributed by atoms with Crippen LogP contribution in [0.2, 0.25) is 0 Å². The molecule has 2 aromatic carbocycles. The minimum absolute atomic E-state index is 0.0662. The van der Waals surface area contributed by atoms with Crippen molar-refractivity contribution in [3.63, 3.8) is 0 Å². The smallest absolute Gasteiger partial charge is 0.322 e. The van der Waals surface area contributed by atoms with Gasteiger partial charge in [-0.15, -0.1) is 0 Å². The van der Waals surface area contributed by atoms with E-state index in [2.05, 4.69) is 21.1 Å². The SMILES string of the molecule is CS(=O)(=O)N[C@@H](Cc1ccc(-c2cccc(CNc3ccccn3)c2)cc1)C(=O)O. The third kappa shape index (κ3) is 6.40. The highest BCUT2D eigenvalue weighted by molar-refractivity contribution is 7.88. The van der Waals surface area contributed by atoms with Crippen molar-refractivity contribution < 1.29 is 18.3 Å². The van der Waals surface area contributed by atoms with E-state index in [9.17, 15) is 18.3 Å². The van der Waals surface area contributed by atoms with Crippen molar-refractivity contribution in [3.8, 4) is 11.1 Å². The first kappa shape index (κ1) is 21.5. The van der Waals surface area contributed by atoms with E-state index in [4.69, 9.17) is 0 Å². The van der Waals surface area contributed by atoms with Crippen molar-refractivity contribution in [3.05, 3.63) is 84.1 Å². The molecule has 3 aromatic rings. The topological polar surface area (TPSA) is 108 Å². The Kier molecular flexibility index (Phi) is 6.81. The van der Waals surface area contributed by atoms with E-state index in [0.717, 1.165) is 34.3 Å². The number of nitrogens with zero attached hydrogens (tertiary/aromatic N) is 1. The predicted octanol–water partition coefficient (Wildman–Crippen LogP) is 2.91. The Labute approximate surface area is 175 Å². The Balaban J connectivity index is 1.69. The highest BCUT2D eigenvalue weighted by Crippen LogP contribution is 2.22. The maximum absolute atomic E-state index is 11.4. The summed E-state index contributed by atoms with van der Waals surface area (Å²) in [6.45, 7) is 0.639. The standard InChI is InChI=1S/C22H23N3O4S/c1-30(28,29)25-20(22(26)27)14-16-8-10-18(11-9-16)19-6-4-5-17(13-19)15-24-21-7-2-3-12-23-21/h2-13,20,25H,14-15H2,1H3,(H,23,24)(H,26,27)/t20-/m0/s1. The molecule has 1 aromatic heterocycles. The number of carbonyl (C=O) groups is 1. The van der Waals surface area contributed by atoms with Crippen LogP contribution in [0.15, 0.2) is 72.9 Å². The molecule has 0 aliphatic heterocycles. The molecule has 0 unspecified atom stereocenters. The fourth-order valence-corrected chi connectivity index (χ4v) is 3.73. The van der Waals surface area contributed by atoms with Crippen LogP contribution in [0.5, 0.6) is 0 Å². The number of aliphatic carboxylic acids is 1. The molecular weight excluding hydrogens is 402 g/mol. The molecule has 0 spiro atoms. The molecular formula is C22H23N3O4S. The lowest BCUT2D eigenvalue weighted by Crippen LogP contribution is -2.41. The van der Waals surface area contributed by atoms with Crippen LogP contribution in [0, 0.1) is 0 Å². The van der Waals surface area contributed by atoms with Crippen molar-refractivity contribution >= 4 is 21.8 Å². The average Bonchev–Trinajstić information content (AvgIpc) is 2.72. The molecule has 156 valence electrons. The van der Waals surface area contributed by atoms with Crippen molar-refractivity contribution in [2.45, 2.75) is 19.0 Å². The van der Waals surface area contributed by atoms with E-state index in [1.165, 1.54) is 0 Å². The molecule has 30 heavy (non-hydrogen) atoms. The molecule has 3 N–H and O–H groups in total. The summed E-state index contributed by atoms with van der Waals surface area (Å²) >= 11 is 0. The summed E-state index contributed by atoms with van der Waals surface area (Å²) in [6, 6.07) is 20.0. The number of carboxylic acids is 1. The first-order valence-corrected chi connectivity index (χ1v) is 11.2. The lowest BCUT2D eigenvalue weighted by molar-refractivity contribution is -0.138. The Morgan fingerprint density at radius 3 is 2.40 bits per heavy atom. The van der Waals surface area contributed by atoms with Crippen LogP contribution in [-0.2, 0) is 27.8 Å². The summed E-state index contributed by atoms with van der Waals surface area (Å²) in [6.07, 6.45) is 2.75. The molecule has 0 radical (unpaired) electrons. The number of hydrogen-bond acceptors (Lipinski definition) is 5. The van der Waals surface area contributed by atoms with Gasteiger partial charge in [-0.3, -0.25) is 4.79 Å². The Morgan fingerprint density at radius 1 is 1.00 bits per heavy atom. The van der Waals surface area contributed by atoms with Gasteiger partial charge in [0, 0.05) is 12.7 Å². The Morgan fingerprint density at radius 2 is 1.77 bits per heavy atom. The molecule has 7 nitrogen and oxygen atoms in total. The van der Waals surface area contributed by atoms with E-state index < -0.39 is 22.0 Å². The van der Waals surface area contributed by atoms with Crippen LogP contribution < -0.4 is 10.0 Å². The van der Waals surface area contributed by atoms with Crippen LogP contribution in [0.25, 0.3) is 11.1 Å². The second-order valence-electron chi connectivity index (χ2n) is 6.95. The van der Waals surface area contributed by atoms with Crippen LogP contribution in [0.3, 0.4) is 0 Å². The number of anilines is 1. The summed E-state index contributed by atoms with van der Waals surface area (Å²) < 4.78 is 24.9. The van der Waals surface area contributed by atoms with Gasteiger partial charge in [0.05, 0.1) is 6.26 Å². The van der Waals surface area contributed by atoms with Crippen LogP contribution in [-0.4, -0.2) is 36.8 Å². The molecule has 0 saturated carbocycles. The van der Waals surface area contributed by atoms with Crippen LogP contribution >= 0.6 is 0 Å².